The zero-order chi connectivity index (χ0) is 27.9. The fourth-order valence-corrected chi connectivity index (χ4v) is 4.50. The van der Waals surface area contributed by atoms with Gasteiger partial charge in [0.15, 0.2) is 5.78 Å². The maximum atomic E-state index is 13.8. The second-order valence-corrected chi connectivity index (χ2v) is 9.16. The van der Waals surface area contributed by atoms with E-state index in [0.717, 1.165) is 12.0 Å². The summed E-state index contributed by atoms with van der Waals surface area (Å²) in [4.78, 5) is 53.0. The van der Waals surface area contributed by atoms with Crippen molar-refractivity contribution in [1.82, 2.24) is 14.7 Å². The number of nitro benzene ring substituents is 1. The summed E-state index contributed by atoms with van der Waals surface area (Å²) in [7, 11) is 0. The minimum atomic E-state index is -0.569. The van der Waals surface area contributed by atoms with Gasteiger partial charge in [-0.2, -0.15) is 0 Å². The van der Waals surface area contributed by atoms with E-state index in [1.807, 2.05) is 56.3 Å². The normalized spacial score (nSPS) is 10.8. The van der Waals surface area contributed by atoms with Crippen molar-refractivity contribution in [3.63, 3.8) is 0 Å². The lowest BCUT2D eigenvalue weighted by molar-refractivity contribution is -0.384. The van der Waals surface area contributed by atoms with Crippen LogP contribution in [0, 0.1) is 10.1 Å². The lowest BCUT2D eigenvalue weighted by Gasteiger charge is -2.22. The number of aryl methyl sites for hydroxylation is 1. The highest BCUT2D eigenvalue weighted by Gasteiger charge is 2.27. The summed E-state index contributed by atoms with van der Waals surface area (Å²) in [5.41, 5.74) is 1.97. The zero-order valence-corrected chi connectivity index (χ0v) is 21.9. The number of rotatable bonds is 11. The number of carbonyl (C=O) groups is 2. The van der Waals surface area contributed by atoms with Crippen molar-refractivity contribution in [2.45, 2.75) is 33.1 Å². The van der Waals surface area contributed by atoms with Crippen molar-refractivity contribution in [1.29, 1.82) is 0 Å². The van der Waals surface area contributed by atoms with Crippen molar-refractivity contribution in [2.24, 2.45) is 0 Å². The summed E-state index contributed by atoms with van der Waals surface area (Å²) < 4.78 is 1.38. The number of nitrogens with one attached hydrogen (secondary N) is 1. The van der Waals surface area contributed by atoms with Crippen LogP contribution in [0.5, 0.6) is 0 Å². The first-order valence-electron chi connectivity index (χ1n) is 12.9. The van der Waals surface area contributed by atoms with Crippen LogP contribution in [0.2, 0.25) is 0 Å². The van der Waals surface area contributed by atoms with Crippen molar-refractivity contribution in [2.75, 3.05) is 13.1 Å². The molecule has 9 heteroatoms. The second kappa shape index (κ2) is 12.2. The van der Waals surface area contributed by atoms with Gasteiger partial charge in [0.2, 0.25) is 0 Å². The van der Waals surface area contributed by atoms with Gasteiger partial charge in [-0.25, -0.2) is 4.68 Å². The highest BCUT2D eigenvalue weighted by Crippen LogP contribution is 2.23. The Kier molecular flexibility index (Phi) is 8.50. The predicted molar refractivity (Wildman–Crippen MR) is 149 cm³/mol. The molecule has 9 nitrogen and oxygen atoms in total. The molecule has 0 spiro atoms. The van der Waals surface area contributed by atoms with E-state index in [1.54, 1.807) is 12.1 Å². The molecule has 4 aromatic rings. The van der Waals surface area contributed by atoms with Gasteiger partial charge in [0.1, 0.15) is 5.56 Å². The summed E-state index contributed by atoms with van der Waals surface area (Å²) in [6.07, 6.45) is 2.09. The summed E-state index contributed by atoms with van der Waals surface area (Å²) in [6, 6.07) is 22.0. The van der Waals surface area contributed by atoms with Crippen LogP contribution in [-0.2, 0) is 6.42 Å². The van der Waals surface area contributed by atoms with Gasteiger partial charge in [0.05, 0.1) is 22.8 Å². The van der Waals surface area contributed by atoms with Crippen LogP contribution in [0.4, 0.5) is 5.69 Å². The number of benzene rings is 3. The number of aromatic amines is 1. The number of nitrogens with zero attached hydrogens (tertiary/aromatic N) is 3. The fourth-order valence-electron chi connectivity index (χ4n) is 4.50. The summed E-state index contributed by atoms with van der Waals surface area (Å²) in [5.74, 6) is -1.02. The molecule has 0 aliphatic rings. The minimum absolute atomic E-state index is 0.0413. The molecule has 1 heterocycles. The van der Waals surface area contributed by atoms with Gasteiger partial charge in [-0.05, 0) is 30.5 Å². The van der Waals surface area contributed by atoms with Gasteiger partial charge in [-0.1, -0.05) is 74.9 Å². The Morgan fingerprint density at radius 3 is 2.38 bits per heavy atom. The summed E-state index contributed by atoms with van der Waals surface area (Å²) >= 11 is 0. The highest BCUT2D eigenvalue weighted by molar-refractivity contribution is 6.05. The molecule has 0 fully saturated rings. The van der Waals surface area contributed by atoms with E-state index < -0.39 is 22.2 Å². The maximum Gasteiger partial charge on any atom is 0.282 e. The van der Waals surface area contributed by atoms with Gasteiger partial charge >= 0.3 is 0 Å². The monoisotopic (exact) mass is 526 g/mol. The summed E-state index contributed by atoms with van der Waals surface area (Å²) in [5, 5.41) is 14.4. The van der Waals surface area contributed by atoms with Crippen LogP contribution in [-0.4, -0.2) is 44.4 Å². The number of aromatic nitrogens is 2. The van der Waals surface area contributed by atoms with E-state index in [2.05, 4.69) is 5.10 Å². The molecule has 0 radical (unpaired) electrons. The largest absolute Gasteiger partial charge is 0.331 e. The van der Waals surface area contributed by atoms with E-state index in [1.165, 1.54) is 33.8 Å². The van der Waals surface area contributed by atoms with Crippen LogP contribution in [0.1, 0.15) is 53.0 Å². The molecular weight excluding hydrogens is 496 g/mol. The number of nitro groups is 1. The maximum absolute atomic E-state index is 13.8. The van der Waals surface area contributed by atoms with Crippen molar-refractivity contribution in [3.05, 3.63) is 116 Å². The van der Waals surface area contributed by atoms with Crippen molar-refractivity contribution < 1.29 is 14.5 Å². The number of carbonyl (C=O) groups excluding carboxylic acids is 2. The molecule has 3 aromatic carbocycles. The molecular formula is C30H30N4O5. The fraction of sp³-hybridized carbons (Fsp3) is 0.233. The average Bonchev–Trinajstić information content (AvgIpc) is 3.32. The van der Waals surface area contributed by atoms with Crippen LogP contribution < -0.4 is 5.56 Å². The van der Waals surface area contributed by atoms with E-state index in [-0.39, 0.29) is 29.9 Å². The number of non-ortho nitro benzene ring substituents is 1. The topological polar surface area (TPSA) is 118 Å². The quantitative estimate of drug-likeness (QED) is 0.159. The molecule has 0 unspecified atom stereocenters. The van der Waals surface area contributed by atoms with Crippen LogP contribution in [0.25, 0.3) is 16.9 Å². The molecule has 0 saturated heterocycles. The van der Waals surface area contributed by atoms with Crippen LogP contribution >= 0.6 is 0 Å². The number of hydrogen-bond donors (Lipinski definition) is 1. The van der Waals surface area contributed by atoms with Gasteiger partial charge in [-0.15, -0.1) is 0 Å². The third-order valence-corrected chi connectivity index (χ3v) is 6.55. The molecule has 0 saturated carbocycles. The molecule has 200 valence electrons. The Labute approximate surface area is 225 Å². The molecule has 39 heavy (non-hydrogen) atoms. The number of amides is 1. The number of ketones is 1. The third kappa shape index (κ3) is 5.87. The minimum Gasteiger partial charge on any atom is -0.331 e. The molecule has 1 aromatic heterocycles. The molecule has 1 amide bonds. The van der Waals surface area contributed by atoms with Crippen molar-refractivity contribution >= 4 is 17.4 Å². The first kappa shape index (κ1) is 27.3. The lowest BCUT2D eigenvalue weighted by Crippen LogP contribution is -2.38. The van der Waals surface area contributed by atoms with Gasteiger partial charge < -0.3 is 4.90 Å². The van der Waals surface area contributed by atoms with Gasteiger partial charge in [0.25, 0.3) is 17.2 Å². The smallest absolute Gasteiger partial charge is 0.282 e. The third-order valence-electron chi connectivity index (χ3n) is 6.55. The Hall–Kier alpha value is -4.79. The van der Waals surface area contributed by atoms with E-state index >= 15 is 0 Å². The number of unbranched alkanes of at least 4 members (excludes halogenated alkanes) is 1. The second-order valence-electron chi connectivity index (χ2n) is 9.16. The SMILES string of the molecule is CCCCN(CC(=O)c1c(-c2ccccc2)[nH]n(-c2ccccc2CC)c1=O)C(=O)c1cccc([N+](=O)[O-])c1. The van der Waals surface area contributed by atoms with Crippen molar-refractivity contribution in [3.8, 4) is 16.9 Å². The number of hydrogen-bond acceptors (Lipinski definition) is 5. The first-order valence-corrected chi connectivity index (χ1v) is 12.9. The predicted octanol–water partition coefficient (Wildman–Crippen LogP) is 5.43. The Balaban J connectivity index is 1.77. The molecule has 0 bridgehead atoms. The number of Topliss-reactive ketones (excluding diaryl/α,β-unsaturated/α-hetero) is 1. The standard InChI is InChI=1S/C30H30N4O5/c1-3-5-18-32(29(36)23-15-11-16-24(19-23)34(38)39)20-26(35)27-28(22-13-7-6-8-14-22)31-33(30(27)37)25-17-10-9-12-21(25)4-2/h6-17,19,31H,3-5,18,20H2,1-2H3. The van der Waals surface area contributed by atoms with Gasteiger partial charge in [0, 0.05) is 29.8 Å². The van der Waals surface area contributed by atoms with E-state index in [4.69, 9.17) is 0 Å². The van der Waals surface area contributed by atoms with Crippen LogP contribution in [0.3, 0.4) is 0 Å². The number of H-pyrrole nitrogens is 1. The average molecular weight is 527 g/mol. The zero-order valence-electron chi connectivity index (χ0n) is 21.9. The van der Waals surface area contributed by atoms with Gasteiger partial charge in [-0.3, -0.25) is 29.6 Å². The Morgan fingerprint density at radius 2 is 1.69 bits per heavy atom. The van der Waals surface area contributed by atoms with Crippen LogP contribution in [0.15, 0.2) is 83.7 Å². The van der Waals surface area contributed by atoms with E-state index in [9.17, 15) is 24.5 Å². The first-order chi connectivity index (χ1) is 18.8. The Bertz CT molecular complexity index is 1560. The number of para-hydroxylation sites is 1. The Morgan fingerprint density at radius 1 is 0.974 bits per heavy atom. The highest BCUT2D eigenvalue weighted by atomic mass is 16.6. The molecule has 4 rings (SSSR count). The molecule has 0 aliphatic carbocycles. The molecule has 1 N–H and O–H groups in total. The summed E-state index contributed by atoms with van der Waals surface area (Å²) in [6.45, 7) is 3.87. The lowest BCUT2D eigenvalue weighted by atomic mass is 10.0. The molecule has 0 aliphatic heterocycles. The molecule has 0 atom stereocenters. The van der Waals surface area contributed by atoms with E-state index in [0.29, 0.717) is 29.8 Å².